The average molecular weight is 686 g/mol. The van der Waals surface area contributed by atoms with Crippen LogP contribution >= 0.6 is 0 Å². The summed E-state index contributed by atoms with van der Waals surface area (Å²) in [4.78, 5) is 11.8. The first-order valence-electron chi connectivity index (χ1n) is 17.4. The quantitative estimate of drug-likeness (QED) is 0.193. The van der Waals surface area contributed by atoms with Crippen molar-refractivity contribution in [1.82, 2.24) is 44.9 Å². The number of nitrogens with one attached hydrogen (secondary N) is 1. The lowest BCUT2D eigenvalue weighted by atomic mass is 9.89. The molecule has 4 aromatic rings. The largest absolute Gasteiger partial charge is 0.487 e. The molecule has 15 nitrogen and oxygen atoms in total. The summed E-state index contributed by atoms with van der Waals surface area (Å²) in [5.74, 6) is 1.40. The molecule has 1 unspecified atom stereocenters. The Morgan fingerprint density at radius 1 is 1.02 bits per heavy atom. The van der Waals surface area contributed by atoms with E-state index in [1.165, 1.54) is 6.33 Å². The van der Waals surface area contributed by atoms with Crippen LogP contribution in [0.3, 0.4) is 0 Å². The summed E-state index contributed by atoms with van der Waals surface area (Å²) < 4.78 is 27.3. The third-order valence-electron chi connectivity index (χ3n) is 9.37. The molecule has 0 spiro atoms. The van der Waals surface area contributed by atoms with Gasteiger partial charge < -0.3 is 24.3 Å². The standard InChI is InChI=1S/C35H47N11O4/c1-23(47-5)12-13-48-34-32(21-46(41-34)31-10-8-30(9-11-31)44-18-24(2)49-25(3)19-44)40-35-37-16-29(17-38-35)27-6-7-28(15-36)33(14-27)50-26(4)20-45-22-39-42-43-45/h6-7,14,16-17,21-26,30-31H,8-13,18-20H2,1-5H3,(H,37,38,40)/t23?,24-,25+,26-,30?,31?/m0/s1. The van der Waals surface area contributed by atoms with E-state index in [0.717, 1.165) is 56.3 Å². The first kappa shape index (κ1) is 35.2. The molecule has 4 atom stereocenters. The molecule has 0 bridgehead atoms. The number of tetrazole rings is 1. The molecule has 50 heavy (non-hydrogen) atoms. The maximum atomic E-state index is 9.68. The Morgan fingerprint density at radius 3 is 2.44 bits per heavy atom. The molecule has 2 fully saturated rings. The van der Waals surface area contributed by atoms with Gasteiger partial charge in [0.25, 0.3) is 5.88 Å². The molecular formula is C35H47N11O4. The number of nitrogens with zero attached hydrogens (tertiary/aromatic N) is 10. The zero-order valence-electron chi connectivity index (χ0n) is 29.5. The van der Waals surface area contributed by atoms with Gasteiger partial charge in [-0.2, -0.15) is 5.26 Å². The van der Waals surface area contributed by atoms with Crippen molar-refractivity contribution in [2.24, 2.45) is 0 Å². The third kappa shape index (κ3) is 8.92. The van der Waals surface area contributed by atoms with Gasteiger partial charge in [-0.05, 0) is 81.5 Å². The van der Waals surface area contributed by atoms with Gasteiger partial charge in [-0.1, -0.05) is 6.07 Å². The van der Waals surface area contributed by atoms with Gasteiger partial charge in [0.2, 0.25) is 5.95 Å². The Kier molecular flexibility index (Phi) is 11.5. The summed E-state index contributed by atoms with van der Waals surface area (Å²) in [5, 5.41) is 29.1. The average Bonchev–Trinajstić information content (AvgIpc) is 3.78. The number of aromatic nitrogens is 8. The van der Waals surface area contributed by atoms with Crippen LogP contribution in [0.5, 0.6) is 11.6 Å². The molecule has 1 aliphatic heterocycles. The second kappa shape index (κ2) is 16.4. The summed E-state index contributed by atoms with van der Waals surface area (Å²) in [6, 6.07) is 8.48. The number of methoxy groups -OCH3 is 1. The molecule has 1 aromatic carbocycles. The van der Waals surface area contributed by atoms with Crippen LogP contribution in [-0.4, -0.2) is 102 Å². The van der Waals surface area contributed by atoms with Crippen LogP contribution in [0.25, 0.3) is 11.1 Å². The number of anilines is 2. The highest BCUT2D eigenvalue weighted by atomic mass is 16.5. The molecule has 2 aliphatic rings. The van der Waals surface area contributed by atoms with Crippen molar-refractivity contribution >= 4 is 11.6 Å². The molecule has 0 amide bonds. The Balaban J connectivity index is 1.13. The minimum atomic E-state index is -0.272. The van der Waals surface area contributed by atoms with Crippen LogP contribution in [0.2, 0.25) is 0 Å². The van der Waals surface area contributed by atoms with Crippen molar-refractivity contribution in [3.8, 4) is 28.8 Å². The highest BCUT2D eigenvalue weighted by molar-refractivity contribution is 5.67. The van der Waals surface area contributed by atoms with Crippen LogP contribution in [-0.2, 0) is 16.0 Å². The van der Waals surface area contributed by atoms with Crippen LogP contribution in [0.4, 0.5) is 11.6 Å². The molecule has 1 saturated carbocycles. The maximum Gasteiger partial charge on any atom is 0.256 e. The van der Waals surface area contributed by atoms with Crippen molar-refractivity contribution < 1.29 is 18.9 Å². The van der Waals surface area contributed by atoms with Gasteiger partial charge in [0, 0.05) is 50.6 Å². The molecule has 3 aromatic heterocycles. The number of rotatable bonds is 14. The summed E-state index contributed by atoms with van der Waals surface area (Å²) in [6.07, 6.45) is 12.4. The van der Waals surface area contributed by atoms with Gasteiger partial charge in [-0.15, -0.1) is 10.2 Å². The van der Waals surface area contributed by atoms with Crippen molar-refractivity contribution in [2.45, 2.75) is 103 Å². The Hall–Kier alpha value is -4.65. The maximum absolute atomic E-state index is 9.68. The minimum absolute atomic E-state index is 0.0765. The third-order valence-corrected chi connectivity index (χ3v) is 9.37. The highest BCUT2D eigenvalue weighted by Gasteiger charge is 2.32. The number of hydrogen-bond donors (Lipinski definition) is 1. The molecule has 1 N–H and O–H groups in total. The van der Waals surface area contributed by atoms with Gasteiger partial charge >= 0.3 is 0 Å². The summed E-state index contributed by atoms with van der Waals surface area (Å²) in [7, 11) is 1.70. The van der Waals surface area contributed by atoms with E-state index in [4.69, 9.17) is 24.0 Å². The number of benzene rings is 1. The van der Waals surface area contributed by atoms with E-state index in [-0.39, 0.29) is 30.5 Å². The van der Waals surface area contributed by atoms with Gasteiger partial charge in [0.05, 0.1) is 49.3 Å². The fourth-order valence-electron chi connectivity index (χ4n) is 6.73. The molecule has 1 aliphatic carbocycles. The highest BCUT2D eigenvalue weighted by Crippen LogP contribution is 2.35. The van der Waals surface area contributed by atoms with Gasteiger partial charge in [-0.3, -0.25) is 9.58 Å². The number of nitriles is 1. The van der Waals surface area contributed by atoms with Crippen molar-refractivity contribution in [2.75, 3.05) is 32.1 Å². The summed E-state index contributed by atoms with van der Waals surface area (Å²) in [6.45, 7) is 11.1. The van der Waals surface area contributed by atoms with Crippen LogP contribution in [0.1, 0.15) is 71.4 Å². The molecule has 15 heteroatoms. The van der Waals surface area contributed by atoms with Crippen LogP contribution in [0, 0.1) is 11.3 Å². The predicted molar refractivity (Wildman–Crippen MR) is 185 cm³/mol. The van der Waals surface area contributed by atoms with E-state index in [0.29, 0.717) is 48.0 Å². The Labute approximate surface area is 292 Å². The second-order valence-corrected chi connectivity index (χ2v) is 13.4. The zero-order chi connectivity index (χ0) is 35.0. The molecule has 6 rings (SSSR count). The topological polar surface area (TPSA) is 163 Å². The number of hydrogen-bond acceptors (Lipinski definition) is 13. The van der Waals surface area contributed by atoms with E-state index in [2.05, 4.69) is 55.6 Å². The molecular weight excluding hydrogens is 638 g/mol. The monoisotopic (exact) mass is 685 g/mol. The SMILES string of the molecule is COC(C)CCOc1nn(C2CCC(N3C[C@@H](C)O[C@@H](C)C3)CC2)cc1Nc1ncc(-c2ccc(C#N)c(O[C@@H](C)Cn3cnnn3)c2)cn1. The lowest BCUT2D eigenvalue weighted by molar-refractivity contribution is -0.0852. The lowest BCUT2D eigenvalue weighted by Crippen LogP contribution is -2.51. The first-order chi connectivity index (χ1) is 24.3. The Bertz CT molecular complexity index is 1690. The van der Waals surface area contributed by atoms with Crippen molar-refractivity contribution in [3.05, 3.63) is 48.7 Å². The molecule has 0 radical (unpaired) electrons. The normalized spacial score (nSPS) is 22.4. The van der Waals surface area contributed by atoms with Crippen LogP contribution in [0.15, 0.2) is 43.1 Å². The van der Waals surface area contributed by atoms with Gasteiger partial charge in [0.1, 0.15) is 29.9 Å². The number of ether oxygens (including phenoxy) is 4. The van der Waals surface area contributed by atoms with Crippen LogP contribution < -0.4 is 14.8 Å². The van der Waals surface area contributed by atoms with Gasteiger partial charge in [-0.25, -0.2) is 14.6 Å². The number of morpholine rings is 1. The molecule has 266 valence electrons. The van der Waals surface area contributed by atoms with Crippen molar-refractivity contribution in [1.29, 1.82) is 5.26 Å². The zero-order valence-corrected chi connectivity index (χ0v) is 29.5. The van der Waals surface area contributed by atoms with E-state index in [9.17, 15) is 5.26 Å². The minimum Gasteiger partial charge on any atom is -0.487 e. The molecule has 1 saturated heterocycles. The Morgan fingerprint density at radius 2 is 1.76 bits per heavy atom. The van der Waals surface area contributed by atoms with E-state index < -0.39 is 0 Å². The fourth-order valence-corrected chi connectivity index (χ4v) is 6.73. The lowest BCUT2D eigenvalue weighted by Gasteiger charge is -2.42. The van der Waals surface area contributed by atoms with E-state index in [1.807, 2.05) is 36.9 Å². The predicted octanol–water partition coefficient (Wildman–Crippen LogP) is 4.81. The van der Waals surface area contributed by atoms with Gasteiger partial charge in [0.15, 0.2) is 0 Å². The summed E-state index contributed by atoms with van der Waals surface area (Å²) >= 11 is 0. The van der Waals surface area contributed by atoms with E-state index >= 15 is 0 Å². The van der Waals surface area contributed by atoms with Crippen molar-refractivity contribution in [3.63, 3.8) is 0 Å². The summed E-state index contributed by atoms with van der Waals surface area (Å²) in [5.41, 5.74) is 2.74. The second-order valence-electron chi connectivity index (χ2n) is 13.4. The van der Waals surface area contributed by atoms with E-state index in [1.54, 1.807) is 30.3 Å². The smallest absolute Gasteiger partial charge is 0.256 e. The molecule has 4 heterocycles. The first-order valence-corrected chi connectivity index (χ1v) is 17.4. The fraction of sp³-hybridized carbons (Fsp3) is 0.571.